The largest absolute Gasteiger partial charge is 0.481 e. The maximum absolute atomic E-state index is 12.6. The number of hydrogen-bond acceptors (Lipinski definition) is 4. The molecule has 3 rings (SSSR count). The summed E-state index contributed by atoms with van der Waals surface area (Å²) in [6.45, 7) is 1.10. The zero-order chi connectivity index (χ0) is 18.2. The number of carbonyl (C=O) groups is 2. The van der Waals surface area contributed by atoms with Crippen LogP contribution < -0.4 is 10.0 Å². The number of carboxylic acids is 1. The zero-order valence-corrected chi connectivity index (χ0v) is 15.3. The Morgan fingerprint density at radius 1 is 1.24 bits per heavy atom. The lowest BCUT2D eigenvalue weighted by molar-refractivity contribution is -0.149. The number of likely N-dealkylation sites (tertiary alicyclic amines) is 1. The molecule has 0 radical (unpaired) electrons. The molecule has 8 nitrogen and oxygen atoms in total. The molecule has 3 aliphatic rings. The van der Waals surface area contributed by atoms with Crippen LogP contribution in [0.15, 0.2) is 0 Å². The standard InChI is InChI=1S/C16H27N3O5S/c1-25(23,24)17-8-11-4-2-6-13(11)18-15(22)19-9-12-5-3-7-16(12,10-19)14(20)21/h11-13,17H,2-10H2,1H3,(H,18,22)(H,20,21)/t11?,12-,13?,16+/m0/s1. The van der Waals surface area contributed by atoms with Gasteiger partial charge < -0.3 is 15.3 Å². The maximum atomic E-state index is 12.6. The second-order valence-corrected chi connectivity index (χ2v) is 9.63. The monoisotopic (exact) mass is 373 g/mol. The number of sulfonamides is 1. The summed E-state index contributed by atoms with van der Waals surface area (Å²) in [7, 11) is -3.25. The molecule has 0 bridgehead atoms. The fourth-order valence-electron chi connectivity index (χ4n) is 4.77. The van der Waals surface area contributed by atoms with Crippen LogP contribution >= 0.6 is 0 Å². The third-order valence-corrected chi connectivity index (χ3v) is 6.85. The number of carboxylic acid groups (broad SMARTS) is 1. The van der Waals surface area contributed by atoms with Crippen molar-refractivity contribution in [2.45, 2.75) is 44.6 Å². The lowest BCUT2D eigenvalue weighted by Gasteiger charge is -2.26. The molecule has 142 valence electrons. The van der Waals surface area contributed by atoms with Crippen molar-refractivity contribution in [1.29, 1.82) is 0 Å². The van der Waals surface area contributed by atoms with E-state index in [1.54, 1.807) is 4.90 Å². The van der Waals surface area contributed by atoms with Crippen LogP contribution in [0.1, 0.15) is 38.5 Å². The molecule has 3 N–H and O–H groups in total. The molecule has 1 heterocycles. The van der Waals surface area contributed by atoms with Crippen molar-refractivity contribution in [3.63, 3.8) is 0 Å². The highest BCUT2D eigenvalue weighted by molar-refractivity contribution is 7.88. The van der Waals surface area contributed by atoms with Gasteiger partial charge in [0, 0.05) is 25.7 Å². The van der Waals surface area contributed by atoms with Crippen LogP contribution in [0.25, 0.3) is 0 Å². The van der Waals surface area contributed by atoms with E-state index in [2.05, 4.69) is 10.0 Å². The predicted octanol–water partition coefficient (Wildman–Crippen LogP) is 0.601. The van der Waals surface area contributed by atoms with Gasteiger partial charge in [-0.25, -0.2) is 17.9 Å². The highest BCUT2D eigenvalue weighted by Crippen LogP contribution is 2.48. The van der Waals surface area contributed by atoms with Crippen LogP contribution in [0.2, 0.25) is 0 Å². The van der Waals surface area contributed by atoms with Gasteiger partial charge >= 0.3 is 12.0 Å². The van der Waals surface area contributed by atoms with Crippen LogP contribution in [-0.2, 0) is 14.8 Å². The molecule has 0 spiro atoms. The highest BCUT2D eigenvalue weighted by atomic mass is 32.2. The molecule has 4 atom stereocenters. The Bertz CT molecular complexity index is 652. The first-order valence-electron chi connectivity index (χ1n) is 8.95. The molecular formula is C16H27N3O5S. The third-order valence-electron chi connectivity index (χ3n) is 6.16. The van der Waals surface area contributed by atoms with E-state index in [-0.39, 0.29) is 30.5 Å². The number of rotatable bonds is 5. The van der Waals surface area contributed by atoms with Crippen LogP contribution in [0.5, 0.6) is 0 Å². The van der Waals surface area contributed by atoms with Gasteiger partial charge in [-0.1, -0.05) is 12.8 Å². The van der Waals surface area contributed by atoms with E-state index in [1.165, 1.54) is 0 Å². The number of amides is 2. The van der Waals surface area contributed by atoms with E-state index in [9.17, 15) is 23.1 Å². The van der Waals surface area contributed by atoms with E-state index in [0.717, 1.165) is 38.4 Å². The Balaban J connectivity index is 1.58. The van der Waals surface area contributed by atoms with Crippen molar-refractivity contribution < 1.29 is 23.1 Å². The number of nitrogens with one attached hydrogen (secondary N) is 2. The second kappa shape index (κ2) is 6.75. The lowest BCUT2D eigenvalue weighted by Crippen LogP contribution is -2.48. The van der Waals surface area contributed by atoms with Crippen LogP contribution in [0, 0.1) is 17.3 Å². The topological polar surface area (TPSA) is 116 Å². The quantitative estimate of drug-likeness (QED) is 0.653. The van der Waals surface area contributed by atoms with Gasteiger partial charge in [0.1, 0.15) is 0 Å². The number of hydrogen-bond donors (Lipinski definition) is 3. The molecule has 0 aromatic heterocycles. The first-order chi connectivity index (χ1) is 11.7. The Morgan fingerprint density at radius 3 is 2.64 bits per heavy atom. The number of carbonyl (C=O) groups excluding carboxylic acids is 1. The number of urea groups is 1. The SMILES string of the molecule is CS(=O)(=O)NCC1CCCC1NC(=O)N1C[C@@H]2CCC[C@@]2(C(=O)O)C1. The smallest absolute Gasteiger partial charge is 0.317 e. The van der Waals surface area contributed by atoms with Crippen LogP contribution in [0.3, 0.4) is 0 Å². The van der Waals surface area contributed by atoms with Crippen LogP contribution in [-0.4, -0.2) is 62.4 Å². The number of aliphatic carboxylic acids is 1. The van der Waals surface area contributed by atoms with Gasteiger partial charge in [-0.2, -0.15) is 0 Å². The summed E-state index contributed by atoms with van der Waals surface area (Å²) in [5.41, 5.74) is -0.774. The molecule has 0 aromatic carbocycles. The molecule has 2 unspecified atom stereocenters. The molecular weight excluding hydrogens is 346 g/mol. The first-order valence-corrected chi connectivity index (χ1v) is 10.8. The normalized spacial score (nSPS) is 34.9. The van der Waals surface area contributed by atoms with E-state index in [1.807, 2.05) is 0 Å². The van der Waals surface area contributed by atoms with E-state index >= 15 is 0 Å². The Hall–Kier alpha value is -1.35. The van der Waals surface area contributed by atoms with Gasteiger partial charge in [0.15, 0.2) is 0 Å². The Labute approximate surface area is 148 Å². The summed E-state index contributed by atoms with van der Waals surface area (Å²) in [6.07, 6.45) is 6.18. The minimum Gasteiger partial charge on any atom is -0.481 e. The third kappa shape index (κ3) is 3.76. The minimum atomic E-state index is -3.25. The van der Waals surface area contributed by atoms with E-state index in [4.69, 9.17) is 0 Å². The molecule has 0 aromatic rings. The molecule has 2 saturated carbocycles. The molecule has 2 aliphatic carbocycles. The average molecular weight is 373 g/mol. The van der Waals surface area contributed by atoms with Gasteiger partial charge in [0.2, 0.25) is 10.0 Å². The van der Waals surface area contributed by atoms with Gasteiger partial charge in [-0.05, 0) is 37.5 Å². The zero-order valence-electron chi connectivity index (χ0n) is 14.5. The number of fused-ring (bicyclic) bond motifs is 1. The lowest BCUT2D eigenvalue weighted by atomic mass is 9.81. The van der Waals surface area contributed by atoms with Gasteiger partial charge in [0.05, 0.1) is 11.7 Å². The molecule has 1 saturated heterocycles. The fraction of sp³-hybridized carbons (Fsp3) is 0.875. The van der Waals surface area contributed by atoms with E-state index < -0.39 is 21.4 Å². The maximum Gasteiger partial charge on any atom is 0.317 e. The number of nitrogens with zero attached hydrogens (tertiary/aromatic N) is 1. The van der Waals surface area contributed by atoms with E-state index in [0.29, 0.717) is 19.5 Å². The van der Waals surface area contributed by atoms with Gasteiger partial charge in [0.25, 0.3) is 0 Å². The molecule has 1 aliphatic heterocycles. The van der Waals surface area contributed by atoms with Gasteiger partial charge in [-0.15, -0.1) is 0 Å². The summed E-state index contributed by atoms with van der Waals surface area (Å²) in [4.78, 5) is 26.0. The van der Waals surface area contributed by atoms with Crippen LogP contribution in [0.4, 0.5) is 4.79 Å². The predicted molar refractivity (Wildman–Crippen MR) is 91.5 cm³/mol. The summed E-state index contributed by atoms with van der Waals surface area (Å²) in [5, 5.41) is 12.6. The Kier molecular flexibility index (Phi) is 4.98. The Morgan fingerprint density at radius 2 is 2.00 bits per heavy atom. The molecule has 25 heavy (non-hydrogen) atoms. The van der Waals surface area contributed by atoms with Gasteiger partial charge in [-0.3, -0.25) is 4.79 Å². The minimum absolute atomic E-state index is 0.0435. The van der Waals surface area contributed by atoms with Crippen molar-refractivity contribution in [2.75, 3.05) is 25.9 Å². The van der Waals surface area contributed by atoms with Crippen molar-refractivity contribution in [1.82, 2.24) is 14.9 Å². The summed E-state index contributed by atoms with van der Waals surface area (Å²) < 4.78 is 25.1. The summed E-state index contributed by atoms with van der Waals surface area (Å²) >= 11 is 0. The summed E-state index contributed by atoms with van der Waals surface area (Å²) in [6, 6.07) is -0.283. The average Bonchev–Trinajstić information content (AvgIpc) is 3.17. The molecule has 2 amide bonds. The molecule has 9 heteroatoms. The van der Waals surface area contributed by atoms with Crippen molar-refractivity contribution in [3.8, 4) is 0 Å². The first kappa shape index (κ1) is 18.4. The summed E-state index contributed by atoms with van der Waals surface area (Å²) in [5.74, 6) is -0.669. The highest BCUT2D eigenvalue weighted by Gasteiger charge is 2.56. The van der Waals surface area contributed by atoms with Crippen molar-refractivity contribution in [3.05, 3.63) is 0 Å². The molecule has 3 fully saturated rings. The second-order valence-electron chi connectivity index (χ2n) is 7.80. The van der Waals surface area contributed by atoms with Crippen molar-refractivity contribution >= 4 is 22.0 Å². The van der Waals surface area contributed by atoms with Crippen molar-refractivity contribution in [2.24, 2.45) is 17.3 Å². The fourth-order valence-corrected chi connectivity index (χ4v) is 5.29.